The monoisotopic (exact) mass is 297 g/mol. The Morgan fingerprint density at radius 2 is 2.05 bits per heavy atom. The van der Waals surface area contributed by atoms with Crippen molar-refractivity contribution in [1.29, 1.82) is 0 Å². The minimum Gasteiger partial charge on any atom is -0.493 e. The number of nitrogens with one attached hydrogen (secondary N) is 1. The van der Waals surface area contributed by atoms with Crippen molar-refractivity contribution in [1.82, 2.24) is 9.55 Å². The fourth-order valence-electron chi connectivity index (χ4n) is 2.16. The summed E-state index contributed by atoms with van der Waals surface area (Å²) in [5.41, 5.74) is -0.155. The molecule has 0 amide bonds. The Morgan fingerprint density at radius 1 is 1.30 bits per heavy atom. The molecule has 9 heteroatoms. The summed E-state index contributed by atoms with van der Waals surface area (Å²) in [5.74, 6) is 0.176. The Bertz CT molecular complexity index is 872. The van der Waals surface area contributed by atoms with Crippen LogP contribution in [0.15, 0.2) is 16.9 Å². The predicted molar refractivity (Wildman–Crippen MR) is 71.6 cm³/mol. The van der Waals surface area contributed by atoms with Crippen LogP contribution in [0.5, 0.6) is 11.5 Å². The largest absolute Gasteiger partial charge is 0.493 e. The van der Waals surface area contributed by atoms with E-state index in [0.29, 0.717) is 11.3 Å². The zero-order chi connectivity index (χ0) is 14.5. The number of fused-ring (bicyclic) bond motifs is 2. The second kappa shape index (κ2) is 4.10. The molecule has 3 rings (SSSR count). The van der Waals surface area contributed by atoms with Gasteiger partial charge in [0.2, 0.25) is 5.95 Å². The topological polar surface area (TPSA) is 99.5 Å². The molecule has 0 fully saturated rings. The molecule has 0 unspecified atom stereocenters. The molecule has 1 aromatic heterocycles. The highest BCUT2D eigenvalue weighted by atomic mass is 32.2. The van der Waals surface area contributed by atoms with Crippen molar-refractivity contribution in [2.24, 2.45) is 0 Å². The van der Waals surface area contributed by atoms with Crippen molar-refractivity contribution in [3.05, 3.63) is 22.5 Å². The first-order chi connectivity index (χ1) is 9.46. The average molecular weight is 297 g/mol. The van der Waals surface area contributed by atoms with Gasteiger partial charge in [0.05, 0.1) is 19.7 Å². The number of methoxy groups -OCH3 is 2. The van der Waals surface area contributed by atoms with Crippen LogP contribution in [0.1, 0.15) is 0 Å². The van der Waals surface area contributed by atoms with E-state index in [1.807, 2.05) is 0 Å². The molecule has 0 bridgehead atoms. The lowest BCUT2D eigenvalue weighted by Crippen LogP contribution is -2.20. The molecular weight excluding hydrogens is 286 g/mol. The highest BCUT2D eigenvalue weighted by molar-refractivity contribution is 7.92. The van der Waals surface area contributed by atoms with Crippen LogP contribution in [0.25, 0.3) is 10.9 Å². The number of anilines is 1. The first-order valence-corrected chi connectivity index (χ1v) is 7.28. The minimum atomic E-state index is -3.56. The standard InChI is InChI=1S/C11H11N3O5S/c1-18-7-4-3-6-8(9(7)19-2)10(15)14-5-20(16,17)13-11(14)12-6/h3-4H,5H2,1-2H3,(H,12,13). The van der Waals surface area contributed by atoms with Crippen molar-refractivity contribution in [3.8, 4) is 11.5 Å². The van der Waals surface area contributed by atoms with Crippen LogP contribution in [-0.2, 0) is 15.9 Å². The Balaban J connectivity index is 2.43. The van der Waals surface area contributed by atoms with Crippen LogP contribution < -0.4 is 19.8 Å². The molecule has 0 atom stereocenters. The van der Waals surface area contributed by atoms with Gasteiger partial charge in [0.25, 0.3) is 15.6 Å². The second-order valence-corrected chi connectivity index (χ2v) is 5.90. The van der Waals surface area contributed by atoms with Gasteiger partial charge < -0.3 is 9.47 Å². The lowest BCUT2D eigenvalue weighted by Gasteiger charge is -2.10. The minimum absolute atomic E-state index is 0.00900. The van der Waals surface area contributed by atoms with E-state index >= 15 is 0 Å². The van der Waals surface area contributed by atoms with E-state index in [1.165, 1.54) is 14.2 Å². The molecule has 106 valence electrons. The van der Waals surface area contributed by atoms with Crippen LogP contribution >= 0.6 is 0 Å². The average Bonchev–Trinajstić information content (AvgIpc) is 2.72. The summed E-state index contributed by atoms with van der Waals surface area (Å²) in [6, 6.07) is 3.18. The first kappa shape index (κ1) is 12.7. The number of nitrogens with zero attached hydrogens (tertiary/aromatic N) is 2. The summed E-state index contributed by atoms with van der Waals surface area (Å²) < 4.78 is 36.7. The summed E-state index contributed by atoms with van der Waals surface area (Å²) in [6.45, 7) is 0. The Labute approximate surface area is 114 Å². The summed E-state index contributed by atoms with van der Waals surface area (Å²) >= 11 is 0. The maximum absolute atomic E-state index is 12.4. The molecule has 0 saturated carbocycles. The molecular formula is C11H11N3O5S. The molecule has 1 aromatic carbocycles. The van der Waals surface area contributed by atoms with Crippen molar-refractivity contribution in [3.63, 3.8) is 0 Å². The van der Waals surface area contributed by atoms with E-state index < -0.39 is 21.5 Å². The van der Waals surface area contributed by atoms with Gasteiger partial charge in [0.15, 0.2) is 17.4 Å². The lowest BCUT2D eigenvalue weighted by atomic mass is 10.2. The second-order valence-electron chi connectivity index (χ2n) is 4.21. The quantitative estimate of drug-likeness (QED) is 0.845. The third-order valence-corrected chi connectivity index (χ3v) is 4.10. The number of sulfonamides is 1. The van der Waals surface area contributed by atoms with Crippen molar-refractivity contribution >= 4 is 26.9 Å². The van der Waals surface area contributed by atoms with Crippen LogP contribution in [0.3, 0.4) is 0 Å². The number of aromatic nitrogens is 2. The Kier molecular flexibility index (Phi) is 2.61. The first-order valence-electron chi connectivity index (χ1n) is 5.63. The molecule has 2 heterocycles. The van der Waals surface area contributed by atoms with Crippen molar-refractivity contribution in [2.75, 3.05) is 18.9 Å². The highest BCUT2D eigenvalue weighted by Crippen LogP contribution is 2.33. The van der Waals surface area contributed by atoms with Crippen LogP contribution in [-0.4, -0.2) is 32.2 Å². The molecule has 1 aliphatic rings. The SMILES string of the molecule is COc1ccc2nc3n(c(=O)c2c1OC)CS(=O)(=O)N3. The van der Waals surface area contributed by atoms with Crippen molar-refractivity contribution < 1.29 is 17.9 Å². The van der Waals surface area contributed by atoms with E-state index in [1.54, 1.807) is 12.1 Å². The summed E-state index contributed by atoms with van der Waals surface area (Å²) in [7, 11) is -0.704. The summed E-state index contributed by atoms with van der Waals surface area (Å²) in [4.78, 5) is 16.6. The number of ether oxygens (including phenoxy) is 2. The fraction of sp³-hybridized carbons (Fsp3) is 0.273. The zero-order valence-electron chi connectivity index (χ0n) is 10.7. The zero-order valence-corrected chi connectivity index (χ0v) is 11.5. The van der Waals surface area contributed by atoms with E-state index in [9.17, 15) is 13.2 Å². The predicted octanol–water partition coefficient (Wildman–Crippen LogP) is 0.126. The maximum atomic E-state index is 12.4. The summed E-state index contributed by atoms with van der Waals surface area (Å²) in [5, 5.41) is 0.189. The van der Waals surface area contributed by atoms with Gasteiger partial charge in [-0.15, -0.1) is 0 Å². The molecule has 1 N–H and O–H groups in total. The van der Waals surface area contributed by atoms with Crippen molar-refractivity contribution in [2.45, 2.75) is 5.88 Å². The van der Waals surface area contributed by atoms with Gasteiger partial charge in [-0.05, 0) is 12.1 Å². The molecule has 0 radical (unpaired) electrons. The fourth-order valence-corrected chi connectivity index (χ4v) is 3.24. The summed E-state index contributed by atoms with van der Waals surface area (Å²) in [6.07, 6.45) is 0. The molecule has 0 saturated heterocycles. The molecule has 20 heavy (non-hydrogen) atoms. The normalized spacial score (nSPS) is 15.7. The Morgan fingerprint density at radius 3 is 2.70 bits per heavy atom. The number of hydrogen-bond donors (Lipinski definition) is 1. The molecule has 2 aromatic rings. The maximum Gasteiger partial charge on any atom is 0.267 e. The third-order valence-electron chi connectivity index (χ3n) is 3.01. The van der Waals surface area contributed by atoms with Gasteiger partial charge in [0.1, 0.15) is 5.39 Å². The van der Waals surface area contributed by atoms with Crippen LogP contribution in [0.2, 0.25) is 0 Å². The Hall–Kier alpha value is -2.29. The number of benzene rings is 1. The molecule has 8 nitrogen and oxygen atoms in total. The molecule has 0 spiro atoms. The smallest absolute Gasteiger partial charge is 0.267 e. The molecule has 1 aliphatic heterocycles. The van der Waals surface area contributed by atoms with Gasteiger partial charge in [-0.2, -0.15) is 0 Å². The van der Waals surface area contributed by atoms with Gasteiger partial charge in [-0.1, -0.05) is 0 Å². The van der Waals surface area contributed by atoms with Gasteiger partial charge in [-0.3, -0.25) is 14.1 Å². The number of rotatable bonds is 2. The highest BCUT2D eigenvalue weighted by Gasteiger charge is 2.28. The van der Waals surface area contributed by atoms with Crippen LogP contribution in [0.4, 0.5) is 5.95 Å². The van der Waals surface area contributed by atoms with E-state index in [-0.39, 0.29) is 17.1 Å². The number of hydrogen-bond acceptors (Lipinski definition) is 6. The van der Waals surface area contributed by atoms with E-state index in [0.717, 1.165) is 4.57 Å². The van der Waals surface area contributed by atoms with Gasteiger partial charge >= 0.3 is 0 Å². The third kappa shape index (κ3) is 1.70. The molecule has 0 aliphatic carbocycles. The van der Waals surface area contributed by atoms with Crippen LogP contribution in [0, 0.1) is 0 Å². The van der Waals surface area contributed by atoms with E-state index in [4.69, 9.17) is 9.47 Å². The van der Waals surface area contributed by atoms with E-state index in [2.05, 4.69) is 9.71 Å². The van der Waals surface area contributed by atoms with Gasteiger partial charge in [-0.25, -0.2) is 13.4 Å². The van der Waals surface area contributed by atoms with Gasteiger partial charge in [0, 0.05) is 0 Å². The lowest BCUT2D eigenvalue weighted by molar-refractivity contribution is 0.358.